The van der Waals surface area contributed by atoms with Crippen LogP contribution in [-0.2, 0) is 38.4 Å². The molecule has 0 aliphatic heterocycles. The molecular weight excluding hydrogens is 375 g/mol. The van der Waals surface area contributed by atoms with Gasteiger partial charge in [-0.2, -0.15) is 0 Å². The molecule has 0 bridgehead atoms. The summed E-state index contributed by atoms with van der Waals surface area (Å²) < 4.78 is 34.8. The Labute approximate surface area is 147 Å². The average molecular weight is 407 g/mol. The lowest BCUT2D eigenvalue weighted by molar-refractivity contribution is 0.0798. The maximum atomic E-state index is 11.4. The summed E-state index contributed by atoms with van der Waals surface area (Å²) in [5, 5.41) is -3.50. The second kappa shape index (κ2) is 11.4. The molecule has 140 valence electrons. The fraction of sp³-hybridized carbons (Fsp3) is 1.00. The van der Waals surface area contributed by atoms with Gasteiger partial charge >= 0.3 is 16.9 Å². The molecule has 23 heavy (non-hydrogen) atoms. The van der Waals surface area contributed by atoms with Crippen LogP contribution in [0.2, 0.25) is 0 Å². The van der Waals surface area contributed by atoms with Gasteiger partial charge in [-0.15, -0.1) is 0 Å². The summed E-state index contributed by atoms with van der Waals surface area (Å²) in [6, 6.07) is 0. The van der Waals surface area contributed by atoms with E-state index in [1.165, 1.54) is 0 Å². The molecule has 0 aliphatic rings. The van der Waals surface area contributed by atoms with Crippen LogP contribution in [0.5, 0.6) is 0 Å². The summed E-state index contributed by atoms with van der Waals surface area (Å²) >= 11 is 5.64. The summed E-state index contributed by atoms with van der Waals surface area (Å²) in [4.78, 5) is 11.4. The molecule has 0 amide bonds. The van der Waals surface area contributed by atoms with E-state index in [4.69, 9.17) is 38.4 Å². The molecule has 11 heteroatoms. The summed E-state index contributed by atoms with van der Waals surface area (Å²) in [5.74, 6) is 0. The van der Waals surface area contributed by atoms with Gasteiger partial charge in [0.2, 0.25) is 5.36 Å². The average Bonchev–Trinajstić information content (AvgIpc) is 2.48. The molecule has 0 aliphatic carbocycles. The van der Waals surface area contributed by atoms with Crippen molar-refractivity contribution in [3.05, 3.63) is 0 Å². The zero-order valence-corrected chi connectivity index (χ0v) is 18.7. The molecule has 0 aromatic heterocycles. The molecule has 0 heterocycles. The SMILES string of the molecule is CCO[Si](OCC)(OCC)P(O)(=S)[Si](OCC)(OCC)OCC. The Morgan fingerprint density at radius 2 is 0.783 bits per heavy atom. The summed E-state index contributed by atoms with van der Waals surface area (Å²) in [7, 11) is -7.20. The third-order valence-electron chi connectivity index (χ3n) is 2.70. The molecule has 0 saturated carbocycles. The van der Waals surface area contributed by atoms with E-state index >= 15 is 0 Å². The lowest BCUT2D eigenvalue weighted by atomic mass is 10.9. The van der Waals surface area contributed by atoms with E-state index < -0.39 is 22.3 Å². The summed E-state index contributed by atoms with van der Waals surface area (Å²) in [6.07, 6.45) is 0. The van der Waals surface area contributed by atoms with Crippen molar-refractivity contribution < 1.29 is 31.4 Å². The Morgan fingerprint density at radius 1 is 0.609 bits per heavy atom. The van der Waals surface area contributed by atoms with Crippen LogP contribution < -0.4 is 0 Å². The Bertz CT molecular complexity index is 311. The van der Waals surface area contributed by atoms with Gasteiger partial charge in [0.25, 0.3) is 0 Å². The highest BCUT2D eigenvalue weighted by atomic mass is 32.5. The van der Waals surface area contributed by atoms with E-state index in [0.29, 0.717) is 39.6 Å². The molecule has 0 spiro atoms. The van der Waals surface area contributed by atoms with Gasteiger partial charge in [0.05, 0.1) is 0 Å². The van der Waals surface area contributed by atoms with Crippen molar-refractivity contribution in [2.75, 3.05) is 39.6 Å². The third kappa shape index (κ3) is 5.39. The second-order valence-electron chi connectivity index (χ2n) is 4.22. The van der Waals surface area contributed by atoms with E-state index in [9.17, 15) is 4.89 Å². The van der Waals surface area contributed by atoms with Crippen LogP contribution in [0, 0.1) is 0 Å². The van der Waals surface area contributed by atoms with Crippen molar-refractivity contribution in [3.8, 4) is 0 Å². The highest BCUT2D eigenvalue weighted by Gasteiger charge is 2.72. The van der Waals surface area contributed by atoms with Gasteiger partial charge in [-0.1, -0.05) is 11.8 Å². The zero-order valence-electron chi connectivity index (χ0n) is 15.0. The monoisotopic (exact) mass is 406 g/mol. The molecular formula is C12H31O7PSSi2. The van der Waals surface area contributed by atoms with Crippen molar-refractivity contribution in [2.24, 2.45) is 0 Å². The zero-order chi connectivity index (χ0) is 18.0. The van der Waals surface area contributed by atoms with Gasteiger partial charge < -0.3 is 31.4 Å². The molecule has 0 atom stereocenters. The van der Waals surface area contributed by atoms with Gasteiger partial charge in [0.1, 0.15) is 0 Å². The summed E-state index contributed by atoms with van der Waals surface area (Å²) in [6.45, 7) is 12.7. The fourth-order valence-electron chi connectivity index (χ4n) is 2.04. The fourth-order valence-corrected chi connectivity index (χ4v) is 21.9. The Hall–Kier alpha value is 0.804. The Morgan fingerprint density at radius 3 is 0.913 bits per heavy atom. The first-order chi connectivity index (χ1) is 10.9. The first-order valence-corrected chi connectivity index (χ1v) is 15.9. The van der Waals surface area contributed by atoms with E-state index in [1.54, 1.807) is 41.5 Å². The normalized spacial score (nSPS) is 13.5. The van der Waals surface area contributed by atoms with Crippen LogP contribution in [0.3, 0.4) is 0 Å². The quantitative estimate of drug-likeness (QED) is 0.348. The van der Waals surface area contributed by atoms with E-state index in [0.717, 1.165) is 0 Å². The molecule has 0 aromatic carbocycles. The first-order valence-electron chi connectivity index (χ1n) is 8.03. The van der Waals surface area contributed by atoms with Crippen molar-refractivity contribution >= 4 is 34.1 Å². The lowest BCUT2D eigenvalue weighted by Gasteiger charge is -2.41. The highest BCUT2D eigenvalue weighted by Crippen LogP contribution is 2.61. The lowest BCUT2D eigenvalue weighted by Crippen LogP contribution is -2.58. The highest BCUT2D eigenvalue weighted by molar-refractivity contribution is 8.42. The predicted octanol–water partition coefficient (Wildman–Crippen LogP) is 2.46. The molecule has 0 radical (unpaired) electrons. The Balaban J connectivity index is 6.12. The largest absolute Gasteiger partial charge is 0.567 e. The van der Waals surface area contributed by atoms with Gasteiger partial charge in [0, 0.05) is 39.6 Å². The Kier molecular flexibility index (Phi) is 11.8. The van der Waals surface area contributed by atoms with Gasteiger partial charge in [-0.3, -0.25) is 0 Å². The first kappa shape index (κ1) is 23.8. The van der Waals surface area contributed by atoms with Crippen molar-refractivity contribution in [3.63, 3.8) is 0 Å². The van der Waals surface area contributed by atoms with Crippen LogP contribution in [0.15, 0.2) is 0 Å². The van der Waals surface area contributed by atoms with Crippen LogP contribution >= 0.6 is 5.36 Å². The van der Waals surface area contributed by atoms with Gasteiger partial charge in [0.15, 0.2) is 0 Å². The smallest absolute Gasteiger partial charge is 0.369 e. The van der Waals surface area contributed by atoms with Crippen molar-refractivity contribution in [1.82, 2.24) is 0 Å². The molecule has 0 rings (SSSR count). The number of rotatable bonds is 14. The molecule has 1 N–H and O–H groups in total. The standard InChI is InChI=1S/C12H31O7PSSi2/c1-7-14-22(15-8-2,16-9-3)20(13,21)23(17-10-4,18-11-5)19-12-6/h7-12H2,1-6H3,(H,13,21). The van der Waals surface area contributed by atoms with Crippen LogP contribution in [0.4, 0.5) is 0 Å². The van der Waals surface area contributed by atoms with Gasteiger partial charge in [-0.05, 0) is 41.5 Å². The summed E-state index contributed by atoms with van der Waals surface area (Å²) in [5.41, 5.74) is 0. The maximum absolute atomic E-state index is 11.4. The van der Waals surface area contributed by atoms with Crippen LogP contribution in [-0.4, -0.2) is 61.5 Å². The third-order valence-corrected chi connectivity index (χ3v) is 23.8. The van der Waals surface area contributed by atoms with E-state index in [2.05, 4.69) is 0 Å². The molecule has 0 saturated heterocycles. The number of hydrogen-bond acceptors (Lipinski definition) is 7. The molecule has 7 nitrogen and oxygen atoms in total. The van der Waals surface area contributed by atoms with Crippen LogP contribution in [0.1, 0.15) is 41.5 Å². The second-order valence-corrected chi connectivity index (χ2v) is 21.2. The number of hydrogen-bond donors (Lipinski definition) is 1. The maximum Gasteiger partial charge on any atom is 0.567 e. The van der Waals surface area contributed by atoms with Crippen LogP contribution in [0.25, 0.3) is 0 Å². The topological polar surface area (TPSA) is 75.6 Å². The van der Waals surface area contributed by atoms with E-state index in [1.807, 2.05) is 0 Å². The minimum atomic E-state index is -3.60. The van der Waals surface area contributed by atoms with Crippen molar-refractivity contribution in [2.45, 2.75) is 41.5 Å². The minimum Gasteiger partial charge on any atom is -0.369 e. The predicted molar refractivity (Wildman–Crippen MR) is 97.8 cm³/mol. The molecule has 0 unspecified atom stereocenters. The molecule has 0 aromatic rings. The van der Waals surface area contributed by atoms with E-state index in [-0.39, 0.29) is 0 Å². The molecule has 0 fully saturated rings. The minimum absolute atomic E-state index is 0.306. The van der Waals surface area contributed by atoms with Crippen molar-refractivity contribution in [1.29, 1.82) is 0 Å². The van der Waals surface area contributed by atoms with Gasteiger partial charge in [-0.25, -0.2) is 0 Å².